The molecule has 0 unspecified atom stereocenters. The van der Waals surface area contributed by atoms with Gasteiger partial charge in [0.05, 0.1) is 5.33 Å². The van der Waals surface area contributed by atoms with Crippen LogP contribution in [0.15, 0.2) is 0 Å². The van der Waals surface area contributed by atoms with Gasteiger partial charge in [-0.15, -0.1) is 0 Å². The topological polar surface area (TPSA) is 46.2 Å². The standard InChI is InChI=1S/C5H8BrNO2/c1-2-7-5(9)4(8)3-6/h2-3H2,1H3,(H,7,9). The largest absolute Gasteiger partial charge is 0.350 e. The van der Waals surface area contributed by atoms with Gasteiger partial charge in [0, 0.05) is 6.54 Å². The zero-order chi connectivity index (χ0) is 7.28. The highest BCUT2D eigenvalue weighted by atomic mass is 79.9. The monoisotopic (exact) mass is 193 g/mol. The number of hydrogen-bond donors (Lipinski definition) is 1. The number of alkyl halides is 1. The van der Waals surface area contributed by atoms with Crippen LogP contribution in [0.25, 0.3) is 0 Å². The molecule has 0 radical (unpaired) electrons. The Morgan fingerprint density at radius 3 is 2.44 bits per heavy atom. The van der Waals surface area contributed by atoms with Crippen LogP contribution in [0.1, 0.15) is 6.92 Å². The van der Waals surface area contributed by atoms with Crippen LogP contribution in [-0.4, -0.2) is 23.6 Å². The molecular formula is C5H8BrNO2. The molecule has 0 fully saturated rings. The summed E-state index contributed by atoms with van der Waals surface area (Å²) in [7, 11) is 0. The zero-order valence-electron chi connectivity index (χ0n) is 5.11. The lowest BCUT2D eigenvalue weighted by Gasteiger charge is -1.95. The number of carbonyl (C=O) groups is 2. The summed E-state index contributed by atoms with van der Waals surface area (Å²) < 4.78 is 0. The van der Waals surface area contributed by atoms with Crippen molar-refractivity contribution >= 4 is 27.6 Å². The molecule has 0 aliphatic rings. The first kappa shape index (κ1) is 8.62. The Morgan fingerprint density at radius 2 is 2.11 bits per heavy atom. The summed E-state index contributed by atoms with van der Waals surface area (Å²) in [5.74, 6) is -0.953. The Balaban J connectivity index is 3.60. The van der Waals surface area contributed by atoms with Crippen molar-refractivity contribution in [1.29, 1.82) is 0 Å². The van der Waals surface area contributed by atoms with Gasteiger partial charge in [-0.25, -0.2) is 0 Å². The SMILES string of the molecule is CCNC(=O)C(=O)CBr. The van der Waals surface area contributed by atoms with E-state index in [4.69, 9.17) is 0 Å². The average molecular weight is 194 g/mol. The normalized spacial score (nSPS) is 8.67. The quantitative estimate of drug-likeness (QED) is 0.511. The Morgan fingerprint density at radius 1 is 1.56 bits per heavy atom. The summed E-state index contributed by atoms with van der Waals surface area (Å²) in [6.45, 7) is 2.26. The number of amides is 1. The molecule has 1 N–H and O–H groups in total. The number of likely N-dealkylation sites (N-methyl/N-ethyl adjacent to an activating group) is 1. The van der Waals surface area contributed by atoms with Crippen molar-refractivity contribution < 1.29 is 9.59 Å². The molecule has 0 spiro atoms. The molecule has 0 aromatic heterocycles. The third-order valence-electron chi connectivity index (χ3n) is 0.712. The van der Waals surface area contributed by atoms with Crippen LogP contribution in [0.4, 0.5) is 0 Å². The second-order valence-electron chi connectivity index (χ2n) is 1.42. The molecule has 0 aromatic carbocycles. The molecule has 52 valence electrons. The first-order valence-corrected chi connectivity index (χ1v) is 3.71. The zero-order valence-corrected chi connectivity index (χ0v) is 6.69. The molecule has 3 nitrogen and oxygen atoms in total. The number of rotatable bonds is 3. The van der Waals surface area contributed by atoms with Crippen LogP contribution in [-0.2, 0) is 9.59 Å². The predicted molar refractivity (Wildman–Crippen MR) is 37.5 cm³/mol. The number of Topliss-reactive ketones (excluding diaryl/α,β-unsaturated/α-hetero) is 1. The molecule has 0 saturated carbocycles. The Kier molecular flexibility index (Phi) is 4.30. The van der Waals surface area contributed by atoms with Gasteiger partial charge in [-0.05, 0) is 6.92 Å². The maximum atomic E-state index is 10.5. The van der Waals surface area contributed by atoms with E-state index in [9.17, 15) is 9.59 Å². The molecule has 0 heterocycles. The number of nitrogens with one attached hydrogen (secondary N) is 1. The van der Waals surface area contributed by atoms with Crippen LogP contribution < -0.4 is 5.32 Å². The van der Waals surface area contributed by atoms with E-state index < -0.39 is 11.7 Å². The van der Waals surface area contributed by atoms with E-state index in [2.05, 4.69) is 21.2 Å². The third kappa shape index (κ3) is 3.24. The van der Waals surface area contributed by atoms with Crippen molar-refractivity contribution in [3.63, 3.8) is 0 Å². The molecule has 1 amide bonds. The lowest BCUT2D eigenvalue weighted by Crippen LogP contribution is -2.31. The maximum Gasteiger partial charge on any atom is 0.288 e. The second-order valence-corrected chi connectivity index (χ2v) is 1.98. The van der Waals surface area contributed by atoms with Crippen molar-refractivity contribution in [3.05, 3.63) is 0 Å². The Labute approximate surface area is 61.9 Å². The summed E-state index contributed by atoms with van der Waals surface area (Å²) in [6, 6.07) is 0. The smallest absolute Gasteiger partial charge is 0.288 e. The number of hydrogen-bond acceptors (Lipinski definition) is 2. The van der Waals surface area contributed by atoms with E-state index in [0.717, 1.165) is 0 Å². The average Bonchev–Trinajstić information content (AvgIpc) is 1.87. The highest BCUT2D eigenvalue weighted by Crippen LogP contribution is 1.81. The highest BCUT2D eigenvalue weighted by molar-refractivity contribution is 9.09. The van der Waals surface area contributed by atoms with E-state index >= 15 is 0 Å². The minimum absolute atomic E-state index is 0.0961. The van der Waals surface area contributed by atoms with Crippen molar-refractivity contribution in [2.45, 2.75) is 6.92 Å². The van der Waals surface area contributed by atoms with Gasteiger partial charge in [0.15, 0.2) is 0 Å². The molecular weight excluding hydrogens is 186 g/mol. The summed E-state index contributed by atoms with van der Waals surface area (Å²) in [6.07, 6.45) is 0. The summed E-state index contributed by atoms with van der Waals surface area (Å²) in [4.78, 5) is 20.9. The molecule has 4 heteroatoms. The van der Waals surface area contributed by atoms with Gasteiger partial charge < -0.3 is 5.32 Å². The lowest BCUT2D eigenvalue weighted by atomic mass is 10.4. The summed E-state index contributed by atoms with van der Waals surface area (Å²) >= 11 is 2.87. The number of halogens is 1. The van der Waals surface area contributed by atoms with Gasteiger partial charge in [-0.1, -0.05) is 15.9 Å². The summed E-state index contributed by atoms with van der Waals surface area (Å²) in [5.41, 5.74) is 0. The fourth-order valence-corrected chi connectivity index (χ4v) is 0.574. The Bertz CT molecular complexity index is 124. The first-order valence-electron chi connectivity index (χ1n) is 2.59. The molecule has 0 saturated heterocycles. The van der Waals surface area contributed by atoms with Crippen LogP contribution in [0.5, 0.6) is 0 Å². The van der Waals surface area contributed by atoms with Gasteiger partial charge in [-0.2, -0.15) is 0 Å². The van der Waals surface area contributed by atoms with Crippen LogP contribution >= 0.6 is 15.9 Å². The molecule has 0 atom stereocenters. The Hall–Kier alpha value is -0.380. The predicted octanol–water partition coefficient (Wildman–Crippen LogP) is 0.0865. The number of ketones is 1. The van der Waals surface area contributed by atoms with Gasteiger partial charge >= 0.3 is 0 Å². The van der Waals surface area contributed by atoms with E-state index in [1.54, 1.807) is 6.92 Å². The van der Waals surface area contributed by atoms with Crippen molar-refractivity contribution in [3.8, 4) is 0 Å². The van der Waals surface area contributed by atoms with E-state index in [1.807, 2.05) is 0 Å². The molecule has 0 aliphatic heterocycles. The van der Waals surface area contributed by atoms with E-state index in [1.165, 1.54) is 0 Å². The highest BCUT2D eigenvalue weighted by Gasteiger charge is 2.08. The lowest BCUT2D eigenvalue weighted by molar-refractivity contribution is -0.136. The fraction of sp³-hybridized carbons (Fsp3) is 0.600. The van der Waals surface area contributed by atoms with Crippen molar-refractivity contribution in [2.75, 3.05) is 11.9 Å². The van der Waals surface area contributed by atoms with Crippen molar-refractivity contribution in [1.82, 2.24) is 5.32 Å². The maximum absolute atomic E-state index is 10.5. The molecule has 0 bridgehead atoms. The third-order valence-corrected chi connectivity index (χ3v) is 1.22. The van der Waals surface area contributed by atoms with E-state index in [0.29, 0.717) is 6.54 Å². The van der Waals surface area contributed by atoms with Crippen molar-refractivity contribution in [2.24, 2.45) is 0 Å². The van der Waals surface area contributed by atoms with E-state index in [-0.39, 0.29) is 5.33 Å². The van der Waals surface area contributed by atoms with Gasteiger partial charge in [0.2, 0.25) is 5.78 Å². The molecule has 0 rings (SSSR count). The van der Waals surface area contributed by atoms with Gasteiger partial charge in [-0.3, -0.25) is 9.59 Å². The fourth-order valence-electron chi connectivity index (χ4n) is 0.320. The summed E-state index contributed by atoms with van der Waals surface area (Å²) in [5, 5.41) is 2.47. The second kappa shape index (κ2) is 4.49. The minimum Gasteiger partial charge on any atom is -0.350 e. The molecule has 0 aliphatic carbocycles. The molecule has 9 heavy (non-hydrogen) atoms. The minimum atomic E-state index is -0.519. The van der Waals surface area contributed by atoms with Crippen LogP contribution in [0.2, 0.25) is 0 Å². The van der Waals surface area contributed by atoms with Gasteiger partial charge in [0.25, 0.3) is 5.91 Å². The molecule has 0 aromatic rings. The van der Waals surface area contributed by atoms with Crippen LogP contribution in [0.3, 0.4) is 0 Å². The number of carbonyl (C=O) groups excluding carboxylic acids is 2. The van der Waals surface area contributed by atoms with Crippen LogP contribution in [0, 0.1) is 0 Å². The van der Waals surface area contributed by atoms with Gasteiger partial charge in [0.1, 0.15) is 0 Å². The first-order chi connectivity index (χ1) is 4.22.